The summed E-state index contributed by atoms with van der Waals surface area (Å²) in [5, 5.41) is 0. The summed E-state index contributed by atoms with van der Waals surface area (Å²) in [6, 6.07) is 0. The molecule has 0 amide bonds. The molecule has 0 N–H and O–H groups in total. The van der Waals surface area contributed by atoms with Gasteiger partial charge in [-0.15, -0.1) is 0 Å². The molecule has 0 aliphatic rings. The first-order valence-electron chi connectivity index (χ1n) is 7.71. The predicted octanol–water partition coefficient (Wildman–Crippen LogP) is 6.39. The van der Waals surface area contributed by atoms with E-state index < -0.39 is 36.8 Å². The third-order valence-corrected chi connectivity index (χ3v) is 13.9. The third kappa shape index (κ3) is 17.6. The van der Waals surface area contributed by atoms with Crippen LogP contribution < -0.4 is 0 Å². The molecule has 0 aliphatic carbocycles. The Morgan fingerprint density at radius 2 is 0.647 bits per heavy atom. The maximum atomic E-state index is 2.56. The summed E-state index contributed by atoms with van der Waals surface area (Å²) in [6.07, 6.45) is 10.6. The summed E-state index contributed by atoms with van der Waals surface area (Å²) < 4.78 is 3.21. The number of unbranched alkanes of at least 4 members (excludes halogenated alkanes) is 6. The fraction of sp³-hybridized carbons (Fsp3) is 1.00. The van der Waals surface area contributed by atoms with Crippen LogP contribution in [0.3, 0.4) is 0 Å². The van der Waals surface area contributed by atoms with Gasteiger partial charge in [0.1, 0.15) is 0 Å². The quantitative estimate of drug-likeness (QED) is 0.265. The monoisotopic (exact) mass is 456 g/mol. The van der Waals surface area contributed by atoms with Crippen LogP contribution >= 0.6 is 0 Å². The van der Waals surface area contributed by atoms with E-state index in [1.54, 1.807) is 8.87 Å². The van der Waals surface area contributed by atoms with Gasteiger partial charge in [0.2, 0.25) is 0 Å². The van der Waals surface area contributed by atoms with Gasteiger partial charge in [-0.2, -0.15) is 0 Å². The first-order valence-corrected chi connectivity index (χ1v) is 28.9. The van der Waals surface area contributed by atoms with E-state index in [-0.39, 0.29) is 0 Å². The first-order chi connectivity index (χ1) is 7.71. The molecule has 0 rings (SSSR count). The zero-order chi connectivity index (χ0) is 13.4. The Balaban J connectivity index is 3.15. The molecule has 0 aromatic heterocycles. The number of hydrogen-bond acceptors (Lipinski definition) is 0. The Labute approximate surface area is 119 Å². The van der Waals surface area contributed by atoms with E-state index in [9.17, 15) is 0 Å². The van der Waals surface area contributed by atoms with Crippen LogP contribution in [0.25, 0.3) is 0 Å². The van der Waals surface area contributed by atoms with Gasteiger partial charge in [-0.1, -0.05) is 0 Å². The molecule has 0 heterocycles. The molecule has 0 bridgehead atoms. The summed E-state index contributed by atoms with van der Waals surface area (Å²) in [5.41, 5.74) is 0. The van der Waals surface area contributed by atoms with Crippen molar-refractivity contribution in [2.75, 3.05) is 0 Å². The van der Waals surface area contributed by atoms with Crippen molar-refractivity contribution >= 4 is 36.8 Å². The van der Waals surface area contributed by atoms with E-state index in [0.717, 1.165) is 0 Å². The van der Waals surface area contributed by atoms with Gasteiger partial charge in [-0.05, 0) is 0 Å². The minimum atomic E-state index is -1.41. The molecule has 0 fully saturated rings. The van der Waals surface area contributed by atoms with E-state index >= 15 is 0 Å². The van der Waals surface area contributed by atoms with Gasteiger partial charge in [0.25, 0.3) is 0 Å². The predicted molar refractivity (Wildman–Crippen MR) is 88.6 cm³/mol. The molecule has 0 aromatic rings. The van der Waals surface area contributed by atoms with Crippen molar-refractivity contribution in [3.05, 3.63) is 0 Å². The molecular formula is C15H36Sn2. The van der Waals surface area contributed by atoms with Crippen LogP contribution in [0.15, 0.2) is 0 Å². The van der Waals surface area contributed by atoms with Crippen molar-refractivity contribution in [3.8, 4) is 0 Å². The molecule has 0 unspecified atom stereocenters. The van der Waals surface area contributed by atoms with Crippen LogP contribution in [0, 0.1) is 0 Å². The van der Waals surface area contributed by atoms with E-state index in [2.05, 4.69) is 29.6 Å². The van der Waals surface area contributed by atoms with Crippen molar-refractivity contribution in [1.82, 2.24) is 0 Å². The molecule has 0 saturated carbocycles. The molecule has 17 heavy (non-hydrogen) atoms. The Bertz CT molecular complexity index is 154. The van der Waals surface area contributed by atoms with Crippen molar-refractivity contribution in [1.29, 1.82) is 0 Å². The Morgan fingerprint density at radius 1 is 0.412 bits per heavy atom. The molecule has 0 atom stereocenters. The number of hydrogen-bond donors (Lipinski definition) is 0. The average molecular weight is 454 g/mol. The van der Waals surface area contributed by atoms with E-state index in [4.69, 9.17) is 0 Å². The second kappa shape index (κ2) is 9.49. The zero-order valence-electron chi connectivity index (χ0n) is 13.4. The fourth-order valence-corrected chi connectivity index (χ4v) is 9.68. The van der Waals surface area contributed by atoms with Gasteiger partial charge < -0.3 is 0 Å². The van der Waals surface area contributed by atoms with Crippen molar-refractivity contribution in [2.45, 2.75) is 83.5 Å². The first kappa shape index (κ1) is 18.6. The molecule has 0 aliphatic heterocycles. The van der Waals surface area contributed by atoms with Crippen LogP contribution in [0.2, 0.25) is 38.5 Å². The van der Waals surface area contributed by atoms with Crippen LogP contribution in [0.1, 0.15) is 44.9 Å². The van der Waals surface area contributed by atoms with Crippen molar-refractivity contribution < 1.29 is 0 Å². The van der Waals surface area contributed by atoms with Crippen molar-refractivity contribution in [2.24, 2.45) is 0 Å². The van der Waals surface area contributed by atoms with E-state index in [1.165, 1.54) is 44.9 Å². The van der Waals surface area contributed by atoms with E-state index in [0.29, 0.717) is 0 Å². The Morgan fingerprint density at radius 3 is 0.882 bits per heavy atom. The maximum absolute atomic E-state index is 2.56. The summed E-state index contributed by atoms with van der Waals surface area (Å²) in [6.45, 7) is 0. The molecule has 0 nitrogen and oxygen atoms in total. The second-order valence-corrected chi connectivity index (χ2v) is 40.2. The molecule has 0 aromatic carbocycles. The molecule has 2 heteroatoms. The summed E-state index contributed by atoms with van der Waals surface area (Å²) in [5.74, 6) is 0. The van der Waals surface area contributed by atoms with Crippen LogP contribution in [-0.4, -0.2) is 36.8 Å². The van der Waals surface area contributed by atoms with E-state index in [1.807, 2.05) is 0 Å². The van der Waals surface area contributed by atoms with Gasteiger partial charge in [-0.3, -0.25) is 0 Å². The topological polar surface area (TPSA) is 0 Å². The Hall–Kier alpha value is 1.60. The zero-order valence-corrected chi connectivity index (χ0v) is 19.1. The molecule has 0 saturated heterocycles. The van der Waals surface area contributed by atoms with Crippen LogP contribution in [0.4, 0.5) is 0 Å². The summed E-state index contributed by atoms with van der Waals surface area (Å²) in [4.78, 5) is 15.4. The average Bonchev–Trinajstić information content (AvgIpc) is 2.11. The number of rotatable bonds is 10. The molecule has 0 spiro atoms. The standard InChI is InChI=1S/C9H18.6CH3.2Sn/c1-3-5-7-9-8-6-4-2;;;;;;;;/h1-9H2;6*1H3;;. The fourth-order valence-electron chi connectivity index (χ4n) is 2.19. The van der Waals surface area contributed by atoms with Gasteiger partial charge in [0.05, 0.1) is 0 Å². The third-order valence-electron chi connectivity index (χ3n) is 3.35. The Kier molecular flexibility index (Phi) is 10.4. The van der Waals surface area contributed by atoms with Gasteiger partial charge in [0.15, 0.2) is 0 Å². The molecular weight excluding hydrogens is 418 g/mol. The van der Waals surface area contributed by atoms with Crippen LogP contribution in [-0.2, 0) is 0 Å². The van der Waals surface area contributed by atoms with Gasteiger partial charge in [0, 0.05) is 0 Å². The van der Waals surface area contributed by atoms with Gasteiger partial charge >= 0.3 is 120 Å². The summed E-state index contributed by atoms with van der Waals surface area (Å²) in [7, 11) is 0. The van der Waals surface area contributed by atoms with Gasteiger partial charge in [-0.25, -0.2) is 0 Å². The summed E-state index contributed by atoms with van der Waals surface area (Å²) >= 11 is -2.83. The SMILES string of the molecule is [CH3][Sn]([CH3])([CH3])[CH2]CCCCCCC[CH2][Sn]([CH3])([CH3])[CH3]. The molecule has 104 valence electrons. The molecule has 0 radical (unpaired) electrons. The normalized spacial score (nSPS) is 13.1. The second-order valence-electron chi connectivity index (χ2n) is 8.10. The minimum absolute atomic E-state index is 1.41. The van der Waals surface area contributed by atoms with Crippen molar-refractivity contribution in [3.63, 3.8) is 0 Å². The van der Waals surface area contributed by atoms with Crippen LogP contribution in [0.5, 0.6) is 0 Å².